The van der Waals surface area contributed by atoms with Gasteiger partial charge in [-0.1, -0.05) is 12.1 Å². The van der Waals surface area contributed by atoms with Crippen LogP contribution < -0.4 is 5.32 Å². The summed E-state index contributed by atoms with van der Waals surface area (Å²) in [4.78, 5) is 13.8. The molecule has 1 aromatic rings. The molecule has 1 aromatic carbocycles. The quantitative estimate of drug-likeness (QED) is 0.891. The highest BCUT2D eigenvalue weighted by Crippen LogP contribution is 2.30. The van der Waals surface area contributed by atoms with Crippen molar-refractivity contribution in [1.29, 1.82) is 0 Å². The van der Waals surface area contributed by atoms with Gasteiger partial charge >= 0.3 is 6.09 Å². The average molecular weight is 278 g/mol. The molecular weight excluding hydrogens is 256 g/mol. The van der Waals surface area contributed by atoms with Crippen LogP contribution in [0.2, 0.25) is 0 Å². The zero-order valence-electron chi connectivity index (χ0n) is 12.3. The number of ether oxygens (including phenoxy) is 1. The summed E-state index contributed by atoms with van der Waals surface area (Å²) in [5.41, 5.74) is 2.72. The van der Waals surface area contributed by atoms with Crippen molar-refractivity contribution in [2.75, 3.05) is 18.5 Å². The van der Waals surface area contributed by atoms with E-state index >= 15 is 0 Å². The number of aliphatic hydroxyl groups is 1. The van der Waals surface area contributed by atoms with Crippen molar-refractivity contribution >= 4 is 11.8 Å². The Kier molecular flexibility index (Phi) is 4.18. The first-order valence-corrected chi connectivity index (χ1v) is 6.84. The molecule has 1 amide bonds. The van der Waals surface area contributed by atoms with Crippen molar-refractivity contribution in [3.63, 3.8) is 0 Å². The summed E-state index contributed by atoms with van der Waals surface area (Å²) in [7, 11) is 0. The molecular formula is C15H22N2O3. The smallest absolute Gasteiger partial charge is 0.410 e. The lowest BCUT2D eigenvalue weighted by Gasteiger charge is -2.24. The van der Waals surface area contributed by atoms with Crippen LogP contribution in [0.25, 0.3) is 0 Å². The van der Waals surface area contributed by atoms with Gasteiger partial charge in [0.2, 0.25) is 0 Å². The number of hydrogen-bond donors (Lipinski definition) is 2. The van der Waals surface area contributed by atoms with Crippen LogP contribution in [0.15, 0.2) is 18.2 Å². The van der Waals surface area contributed by atoms with Crippen LogP contribution in [0, 0.1) is 0 Å². The maximum absolute atomic E-state index is 12.1. The van der Waals surface area contributed by atoms with E-state index in [4.69, 9.17) is 9.84 Å². The van der Waals surface area contributed by atoms with E-state index in [-0.39, 0.29) is 12.7 Å². The molecule has 5 nitrogen and oxygen atoms in total. The highest BCUT2D eigenvalue weighted by Gasteiger charge is 2.28. The van der Waals surface area contributed by atoms with Gasteiger partial charge in [0.1, 0.15) is 5.60 Å². The molecule has 0 atom stereocenters. The first kappa shape index (κ1) is 14.7. The van der Waals surface area contributed by atoms with Gasteiger partial charge < -0.3 is 15.2 Å². The van der Waals surface area contributed by atoms with Gasteiger partial charge in [-0.2, -0.15) is 0 Å². The topological polar surface area (TPSA) is 61.8 Å². The van der Waals surface area contributed by atoms with Gasteiger partial charge in [-0.25, -0.2) is 4.79 Å². The summed E-state index contributed by atoms with van der Waals surface area (Å²) in [5.74, 6) is 0. The number of carbonyl (C=O) groups excluding carboxylic acids is 1. The van der Waals surface area contributed by atoms with Crippen LogP contribution in [-0.4, -0.2) is 34.9 Å². The van der Waals surface area contributed by atoms with Crippen molar-refractivity contribution in [3.05, 3.63) is 29.3 Å². The van der Waals surface area contributed by atoms with Crippen LogP contribution in [0.1, 0.15) is 31.9 Å². The molecule has 0 saturated heterocycles. The lowest BCUT2D eigenvalue weighted by atomic mass is 10.1. The minimum Gasteiger partial charge on any atom is -0.444 e. The van der Waals surface area contributed by atoms with E-state index in [1.165, 1.54) is 0 Å². The fourth-order valence-electron chi connectivity index (χ4n) is 2.23. The van der Waals surface area contributed by atoms with Crippen LogP contribution in [0.4, 0.5) is 10.5 Å². The standard InChI is InChI=1S/C15H22N2O3/c1-15(2,3)20-14(19)17-9-11-5-4-6-13(12(11)10-17)16-7-8-18/h4-6,16,18H,7-10H2,1-3H3. The Labute approximate surface area is 119 Å². The third-order valence-electron chi connectivity index (χ3n) is 3.06. The van der Waals surface area contributed by atoms with Gasteiger partial charge in [0.25, 0.3) is 0 Å². The van der Waals surface area contributed by atoms with E-state index in [2.05, 4.69) is 5.32 Å². The fourth-order valence-corrected chi connectivity index (χ4v) is 2.23. The van der Waals surface area contributed by atoms with Crippen LogP contribution >= 0.6 is 0 Å². The van der Waals surface area contributed by atoms with Gasteiger partial charge in [-0.05, 0) is 38.0 Å². The normalized spacial score (nSPS) is 14.1. The minimum atomic E-state index is -0.482. The lowest BCUT2D eigenvalue weighted by molar-refractivity contribution is 0.0242. The Bertz CT molecular complexity index is 494. The average Bonchev–Trinajstić information content (AvgIpc) is 2.78. The third kappa shape index (κ3) is 3.42. The molecule has 110 valence electrons. The van der Waals surface area contributed by atoms with Gasteiger partial charge in [-0.3, -0.25) is 4.90 Å². The predicted octanol–water partition coefficient (Wildman–Crippen LogP) is 2.34. The molecule has 0 radical (unpaired) electrons. The minimum absolute atomic E-state index is 0.0828. The van der Waals surface area contributed by atoms with E-state index in [9.17, 15) is 4.79 Å². The van der Waals surface area contributed by atoms with Crippen LogP contribution in [-0.2, 0) is 17.8 Å². The molecule has 20 heavy (non-hydrogen) atoms. The summed E-state index contributed by atoms with van der Waals surface area (Å²) in [5, 5.41) is 12.1. The van der Waals surface area contributed by atoms with Crippen molar-refractivity contribution < 1.29 is 14.6 Å². The zero-order chi connectivity index (χ0) is 14.8. The zero-order valence-corrected chi connectivity index (χ0v) is 12.3. The first-order chi connectivity index (χ1) is 9.40. The number of fused-ring (bicyclic) bond motifs is 1. The Morgan fingerprint density at radius 1 is 1.40 bits per heavy atom. The van der Waals surface area contributed by atoms with Crippen molar-refractivity contribution in [1.82, 2.24) is 4.90 Å². The number of anilines is 1. The maximum atomic E-state index is 12.1. The second-order valence-corrected chi connectivity index (χ2v) is 5.93. The Balaban J connectivity index is 2.09. The monoisotopic (exact) mass is 278 g/mol. The molecule has 0 aliphatic carbocycles. The largest absolute Gasteiger partial charge is 0.444 e. The highest BCUT2D eigenvalue weighted by atomic mass is 16.6. The van der Waals surface area contributed by atoms with Crippen molar-refractivity contribution in [2.45, 2.75) is 39.5 Å². The Morgan fingerprint density at radius 3 is 2.80 bits per heavy atom. The third-order valence-corrected chi connectivity index (χ3v) is 3.06. The number of rotatable bonds is 3. The highest BCUT2D eigenvalue weighted by molar-refractivity contribution is 5.71. The number of amides is 1. The van der Waals surface area contributed by atoms with Crippen LogP contribution in [0.5, 0.6) is 0 Å². The number of carbonyl (C=O) groups is 1. The van der Waals surface area contributed by atoms with E-state index in [1.54, 1.807) is 4.90 Å². The van der Waals surface area contributed by atoms with Gasteiger partial charge in [-0.15, -0.1) is 0 Å². The SMILES string of the molecule is CC(C)(C)OC(=O)N1Cc2cccc(NCCO)c2C1. The Morgan fingerprint density at radius 2 is 2.15 bits per heavy atom. The maximum Gasteiger partial charge on any atom is 0.410 e. The Hall–Kier alpha value is -1.75. The molecule has 1 aliphatic heterocycles. The number of nitrogens with one attached hydrogen (secondary N) is 1. The molecule has 0 spiro atoms. The molecule has 0 unspecified atom stereocenters. The molecule has 0 aromatic heterocycles. The van der Waals surface area contributed by atoms with Crippen LogP contribution in [0.3, 0.4) is 0 Å². The lowest BCUT2D eigenvalue weighted by Crippen LogP contribution is -2.33. The summed E-state index contributed by atoms with van der Waals surface area (Å²) in [6, 6.07) is 5.94. The van der Waals surface area contributed by atoms with Gasteiger partial charge in [0.15, 0.2) is 0 Å². The molecule has 0 bridgehead atoms. The summed E-state index contributed by atoms with van der Waals surface area (Å²) in [6.45, 7) is 7.28. The molecule has 5 heteroatoms. The number of aliphatic hydroxyl groups excluding tert-OH is 1. The molecule has 1 heterocycles. The second kappa shape index (κ2) is 5.71. The second-order valence-electron chi connectivity index (χ2n) is 5.93. The van der Waals surface area contributed by atoms with E-state index in [0.717, 1.165) is 16.8 Å². The number of hydrogen-bond acceptors (Lipinski definition) is 4. The predicted molar refractivity (Wildman–Crippen MR) is 77.5 cm³/mol. The number of nitrogens with zero attached hydrogens (tertiary/aromatic N) is 1. The van der Waals surface area contributed by atoms with Crippen molar-refractivity contribution in [3.8, 4) is 0 Å². The van der Waals surface area contributed by atoms with E-state index in [0.29, 0.717) is 19.6 Å². The molecule has 0 fully saturated rings. The van der Waals surface area contributed by atoms with E-state index < -0.39 is 5.60 Å². The van der Waals surface area contributed by atoms with Crippen molar-refractivity contribution in [2.24, 2.45) is 0 Å². The van der Waals surface area contributed by atoms with Gasteiger partial charge in [0.05, 0.1) is 13.2 Å². The first-order valence-electron chi connectivity index (χ1n) is 6.84. The fraction of sp³-hybridized carbons (Fsp3) is 0.533. The number of benzene rings is 1. The van der Waals surface area contributed by atoms with E-state index in [1.807, 2.05) is 39.0 Å². The summed E-state index contributed by atoms with van der Waals surface area (Å²) in [6.07, 6.45) is -0.290. The molecule has 2 N–H and O–H groups in total. The summed E-state index contributed by atoms with van der Waals surface area (Å²) < 4.78 is 5.40. The van der Waals surface area contributed by atoms with Gasteiger partial charge in [0, 0.05) is 18.8 Å². The molecule has 1 aliphatic rings. The molecule has 2 rings (SSSR count). The summed E-state index contributed by atoms with van der Waals surface area (Å²) >= 11 is 0. The molecule has 0 saturated carbocycles.